The normalized spacial score (nSPS) is 18.0. The van der Waals surface area contributed by atoms with Crippen molar-refractivity contribution in [2.45, 2.75) is 19.4 Å². The Bertz CT molecular complexity index is 381. The van der Waals surface area contributed by atoms with Crippen LogP contribution in [0.1, 0.15) is 13.8 Å². The molecule has 2 rings (SSSR count). The van der Waals surface area contributed by atoms with E-state index in [1.165, 1.54) is 0 Å². The van der Waals surface area contributed by atoms with Gasteiger partial charge >= 0.3 is 0 Å². The zero-order valence-corrected chi connectivity index (χ0v) is 9.28. The molecule has 1 aromatic heterocycles. The molecule has 76 valence electrons. The summed E-state index contributed by atoms with van der Waals surface area (Å²) in [5.74, 6) is 1.02. The first kappa shape index (κ1) is 9.80. The highest BCUT2D eigenvalue weighted by atomic mass is 35.5. The molecule has 1 aliphatic heterocycles. The standard InChI is InChI=1S/C8H9Cl2N3O/c1-8(2)3-14-4-5(9)11-7(10)12-6(4)13-8/h3H2,1-2H3,(H,11,12,13). The molecular formula is C8H9Cl2N3O. The second-order valence-corrected chi connectivity index (χ2v) is 4.45. The number of nitrogens with one attached hydrogen (secondary N) is 1. The maximum atomic E-state index is 5.84. The molecule has 0 aromatic carbocycles. The van der Waals surface area contributed by atoms with E-state index in [0.717, 1.165) is 0 Å². The van der Waals surface area contributed by atoms with Gasteiger partial charge in [-0.25, -0.2) is 4.98 Å². The van der Waals surface area contributed by atoms with Crippen molar-refractivity contribution in [3.8, 4) is 5.75 Å². The lowest BCUT2D eigenvalue weighted by atomic mass is 10.1. The Hall–Kier alpha value is -0.740. The fourth-order valence-corrected chi connectivity index (χ4v) is 1.66. The molecule has 14 heavy (non-hydrogen) atoms. The van der Waals surface area contributed by atoms with Crippen molar-refractivity contribution in [2.24, 2.45) is 0 Å². The molecule has 0 saturated carbocycles. The van der Waals surface area contributed by atoms with E-state index >= 15 is 0 Å². The Morgan fingerprint density at radius 2 is 2.07 bits per heavy atom. The topological polar surface area (TPSA) is 47.0 Å². The van der Waals surface area contributed by atoms with Crippen LogP contribution >= 0.6 is 23.2 Å². The summed E-state index contributed by atoms with van der Waals surface area (Å²) in [5.41, 5.74) is -0.173. The lowest BCUT2D eigenvalue weighted by molar-refractivity contribution is 0.239. The number of hydrogen-bond donors (Lipinski definition) is 1. The average Bonchev–Trinajstić information content (AvgIpc) is 2.00. The molecule has 0 spiro atoms. The van der Waals surface area contributed by atoms with E-state index in [0.29, 0.717) is 18.2 Å². The van der Waals surface area contributed by atoms with E-state index in [1.807, 2.05) is 13.8 Å². The van der Waals surface area contributed by atoms with Crippen molar-refractivity contribution in [1.82, 2.24) is 9.97 Å². The van der Waals surface area contributed by atoms with Gasteiger partial charge in [0.15, 0.2) is 16.7 Å². The quantitative estimate of drug-likeness (QED) is 0.553. The zero-order chi connectivity index (χ0) is 10.3. The highest BCUT2D eigenvalue weighted by molar-refractivity contribution is 6.33. The number of halogens is 2. The Kier molecular flexibility index (Phi) is 2.20. The van der Waals surface area contributed by atoms with Crippen molar-refractivity contribution in [3.05, 3.63) is 10.4 Å². The van der Waals surface area contributed by atoms with Gasteiger partial charge in [0.1, 0.15) is 6.61 Å². The number of hydrogen-bond acceptors (Lipinski definition) is 4. The number of anilines is 1. The van der Waals surface area contributed by atoms with Gasteiger partial charge in [-0.15, -0.1) is 0 Å². The van der Waals surface area contributed by atoms with Crippen LogP contribution in [-0.2, 0) is 0 Å². The molecule has 0 saturated heterocycles. The van der Waals surface area contributed by atoms with Gasteiger partial charge in [-0.2, -0.15) is 4.98 Å². The summed E-state index contributed by atoms with van der Waals surface area (Å²) in [6, 6.07) is 0. The third-order valence-electron chi connectivity index (χ3n) is 1.83. The van der Waals surface area contributed by atoms with E-state index in [4.69, 9.17) is 27.9 Å². The van der Waals surface area contributed by atoms with Crippen LogP contribution in [0.2, 0.25) is 10.4 Å². The van der Waals surface area contributed by atoms with Crippen molar-refractivity contribution in [2.75, 3.05) is 11.9 Å². The third-order valence-corrected chi connectivity index (χ3v) is 2.26. The molecule has 0 aliphatic carbocycles. The van der Waals surface area contributed by atoms with Gasteiger partial charge < -0.3 is 10.1 Å². The number of aromatic nitrogens is 2. The van der Waals surface area contributed by atoms with E-state index in [9.17, 15) is 0 Å². The molecule has 1 N–H and O–H groups in total. The van der Waals surface area contributed by atoms with Gasteiger partial charge in [-0.1, -0.05) is 11.6 Å². The maximum Gasteiger partial charge on any atom is 0.226 e. The number of rotatable bonds is 0. The summed E-state index contributed by atoms with van der Waals surface area (Å²) < 4.78 is 5.45. The highest BCUT2D eigenvalue weighted by Crippen LogP contribution is 2.36. The molecule has 0 amide bonds. The van der Waals surface area contributed by atoms with Gasteiger partial charge in [0.05, 0.1) is 5.54 Å². The Balaban J connectivity index is 2.47. The molecular weight excluding hydrogens is 225 g/mol. The van der Waals surface area contributed by atoms with E-state index in [2.05, 4.69) is 15.3 Å². The summed E-state index contributed by atoms with van der Waals surface area (Å²) in [5, 5.41) is 3.53. The van der Waals surface area contributed by atoms with Crippen LogP contribution in [0.25, 0.3) is 0 Å². The minimum atomic E-state index is -0.173. The molecule has 4 nitrogen and oxygen atoms in total. The average molecular weight is 234 g/mol. The largest absolute Gasteiger partial charge is 0.484 e. The SMILES string of the molecule is CC1(C)COc2c(Cl)nc(Cl)nc2N1. The Labute approximate surface area is 91.6 Å². The Morgan fingerprint density at radius 3 is 2.79 bits per heavy atom. The molecule has 0 fully saturated rings. The van der Waals surface area contributed by atoms with Crippen LogP contribution in [0, 0.1) is 0 Å². The van der Waals surface area contributed by atoms with Crippen LogP contribution < -0.4 is 10.1 Å². The van der Waals surface area contributed by atoms with E-state index in [1.54, 1.807) is 0 Å². The molecule has 0 radical (unpaired) electrons. The fraction of sp³-hybridized carbons (Fsp3) is 0.500. The van der Waals surface area contributed by atoms with Crippen molar-refractivity contribution in [1.29, 1.82) is 0 Å². The molecule has 6 heteroatoms. The minimum absolute atomic E-state index is 0.113. The minimum Gasteiger partial charge on any atom is -0.484 e. The molecule has 0 bridgehead atoms. The first-order valence-electron chi connectivity index (χ1n) is 4.12. The van der Waals surface area contributed by atoms with Gasteiger partial charge in [-0.05, 0) is 25.4 Å². The van der Waals surface area contributed by atoms with Crippen LogP contribution in [0.5, 0.6) is 5.75 Å². The van der Waals surface area contributed by atoms with Crippen LogP contribution in [-0.4, -0.2) is 22.1 Å². The van der Waals surface area contributed by atoms with Gasteiger partial charge in [0.25, 0.3) is 0 Å². The van der Waals surface area contributed by atoms with Gasteiger partial charge in [0, 0.05) is 0 Å². The molecule has 0 unspecified atom stereocenters. The van der Waals surface area contributed by atoms with Crippen molar-refractivity contribution in [3.63, 3.8) is 0 Å². The first-order valence-corrected chi connectivity index (χ1v) is 4.87. The monoisotopic (exact) mass is 233 g/mol. The molecule has 0 atom stereocenters. The Morgan fingerprint density at radius 1 is 1.36 bits per heavy atom. The lowest BCUT2D eigenvalue weighted by Crippen LogP contribution is -2.41. The molecule has 1 aliphatic rings. The maximum absolute atomic E-state index is 5.84. The number of ether oxygens (including phenoxy) is 1. The summed E-state index contributed by atoms with van der Waals surface area (Å²) in [4.78, 5) is 7.79. The molecule has 1 aromatic rings. The predicted octanol–water partition coefficient (Wildman–Crippen LogP) is 2.37. The summed E-state index contributed by atoms with van der Waals surface area (Å²) in [7, 11) is 0. The summed E-state index contributed by atoms with van der Waals surface area (Å²) in [6.07, 6.45) is 0. The lowest BCUT2D eigenvalue weighted by Gasteiger charge is -2.32. The van der Waals surface area contributed by atoms with Crippen molar-refractivity contribution >= 4 is 29.0 Å². The zero-order valence-electron chi connectivity index (χ0n) is 7.77. The predicted molar refractivity (Wildman–Crippen MR) is 55.2 cm³/mol. The van der Waals surface area contributed by atoms with Crippen molar-refractivity contribution < 1.29 is 4.74 Å². The first-order chi connectivity index (χ1) is 6.48. The van der Waals surface area contributed by atoms with E-state index < -0.39 is 0 Å². The second kappa shape index (κ2) is 3.14. The van der Waals surface area contributed by atoms with Gasteiger partial charge in [0.2, 0.25) is 5.28 Å². The number of nitrogens with zero attached hydrogens (tertiary/aromatic N) is 2. The highest BCUT2D eigenvalue weighted by Gasteiger charge is 2.29. The fourth-order valence-electron chi connectivity index (χ4n) is 1.22. The smallest absolute Gasteiger partial charge is 0.226 e. The second-order valence-electron chi connectivity index (χ2n) is 3.76. The van der Waals surface area contributed by atoms with Crippen LogP contribution in [0.15, 0.2) is 0 Å². The molecule has 2 heterocycles. The summed E-state index contributed by atoms with van der Waals surface area (Å²) >= 11 is 11.5. The number of fused-ring (bicyclic) bond motifs is 1. The van der Waals surface area contributed by atoms with Crippen LogP contribution in [0.4, 0.5) is 5.82 Å². The third kappa shape index (κ3) is 1.72. The summed E-state index contributed by atoms with van der Waals surface area (Å²) in [6.45, 7) is 4.52. The van der Waals surface area contributed by atoms with Gasteiger partial charge in [-0.3, -0.25) is 0 Å². The van der Waals surface area contributed by atoms with Crippen LogP contribution in [0.3, 0.4) is 0 Å². The van der Waals surface area contributed by atoms with E-state index in [-0.39, 0.29) is 16.0 Å².